The molecule has 20 heavy (non-hydrogen) atoms. The Morgan fingerprint density at radius 2 is 1.85 bits per heavy atom. The topological polar surface area (TPSA) is 36.9 Å². The van der Waals surface area contributed by atoms with Gasteiger partial charge in [-0.25, -0.2) is 0 Å². The summed E-state index contributed by atoms with van der Waals surface area (Å²) < 4.78 is 5.32. The van der Waals surface area contributed by atoms with E-state index in [2.05, 4.69) is 53.5 Å². The van der Waals surface area contributed by atoms with Crippen molar-refractivity contribution < 1.29 is 4.74 Å². The van der Waals surface area contributed by atoms with Gasteiger partial charge in [0.2, 0.25) is 0 Å². The highest BCUT2D eigenvalue weighted by molar-refractivity contribution is 5.80. The van der Waals surface area contributed by atoms with Crippen LogP contribution < -0.4 is 10.3 Å². The van der Waals surface area contributed by atoms with E-state index in [0.717, 1.165) is 44.7 Å². The molecule has 1 aliphatic heterocycles. The van der Waals surface area contributed by atoms with Crippen LogP contribution in [0.5, 0.6) is 0 Å². The van der Waals surface area contributed by atoms with Crippen molar-refractivity contribution >= 4 is 11.9 Å². The summed E-state index contributed by atoms with van der Waals surface area (Å²) in [6.45, 7) is 8.11. The average molecular weight is 275 g/mol. The van der Waals surface area contributed by atoms with Crippen molar-refractivity contribution in [3.63, 3.8) is 0 Å². The third kappa shape index (κ3) is 4.23. The molecule has 0 unspecified atom stereocenters. The van der Waals surface area contributed by atoms with Gasteiger partial charge in [-0.05, 0) is 44.4 Å². The first-order valence-corrected chi connectivity index (χ1v) is 7.54. The first-order valence-electron chi connectivity index (χ1n) is 7.54. The normalized spacial score (nSPS) is 16.5. The molecule has 1 saturated heterocycles. The maximum Gasteiger partial charge on any atom is 0.0540 e. The number of benzene rings is 1. The van der Waals surface area contributed by atoms with Crippen LogP contribution in [0, 0.1) is 0 Å². The molecule has 4 nitrogen and oxygen atoms in total. The molecule has 0 spiro atoms. The second-order valence-corrected chi connectivity index (χ2v) is 5.04. The Balaban J connectivity index is 1.86. The Morgan fingerprint density at radius 3 is 2.45 bits per heavy atom. The number of hydrogen-bond acceptors (Lipinski definition) is 4. The van der Waals surface area contributed by atoms with Gasteiger partial charge < -0.3 is 15.1 Å². The van der Waals surface area contributed by atoms with Crippen LogP contribution in [0.15, 0.2) is 29.4 Å². The fraction of sp³-hybridized carbons (Fsp3) is 0.562. The van der Waals surface area contributed by atoms with Crippen molar-refractivity contribution in [1.82, 2.24) is 5.43 Å². The number of hydrazone groups is 1. The van der Waals surface area contributed by atoms with Gasteiger partial charge in [-0.15, -0.1) is 0 Å². The van der Waals surface area contributed by atoms with Crippen molar-refractivity contribution in [2.24, 2.45) is 5.10 Å². The van der Waals surface area contributed by atoms with Gasteiger partial charge in [-0.3, -0.25) is 0 Å². The summed E-state index contributed by atoms with van der Waals surface area (Å²) >= 11 is 0. The predicted molar refractivity (Wildman–Crippen MR) is 84.6 cm³/mol. The van der Waals surface area contributed by atoms with E-state index >= 15 is 0 Å². The van der Waals surface area contributed by atoms with Crippen LogP contribution in [0.4, 0.5) is 5.69 Å². The second kappa shape index (κ2) is 7.90. The average Bonchev–Trinajstić information content (AvgIpc) is 2.51. The molecule has 1 aromatic carbocycles. The van der Waals surface area contributed by atoms with Crippen molar-refractivity contribution in [2.45, 2.75) is 32.7 Å². The van der Waals surface area contributed by atoms with Crippen molar-refractivity contribution in [3.8, 4) is 0 Å². The lowest BCUT2D eigenvalue weighted by atomic mass is 10.1. The van der Waals surface area contributed by atoms with Crippen LogP contribution in [0.1, 0.15) is 32.3 Å². The molecule has 0 saturated carbocycles. The van der Waals surface area contributed by atoms with Gasteiger partial charge in [0.1, 0.15) is 0 Å². The molecule has 2 rings (SSSR count). The minimum Gasteiger partial charge on any atom is -0.381 e. The summed E-state index contributed by atoms with van der Waals surface area (Å²) in [7, 11) is 0. The summed E-state index contributed by atoms with van der Waals surface area (Å²) in [6, 6.07) is 8.99. The van der Waals surface area contributed by atoms with Crippen molar-refractivity contribution in [1.29, 1.82) is 0 Å². The molecule has 4 heteroatoms. The smallest absolute Gasteiger partial charge is 0.0540 e. The third-order valence-electron chi connectivity index (χ3n) is 3.71. The van der Waals surface area contributed by atoms with Crippen molar-refractivity contribution in [3.05, 3.63) is 29.8 Å². The largest absolute Gasteiger partial charge is 0.381 e. The molecular formula is C16H25N3O. The van der Waals surface area contributed by atoms with E-state index in [-0.39, 0.29) is 0 Å². The number of nitrogens with one attached hydrogen (secondary N) is 1. The number of nitrogens with zero attached hydrogens (tertiary/aromatic N) is 2. The van der Waals surface area contributed by atoms with Crippen LogP contribution >= 0.6 is 0 Å². The molecular weight excluding hydrogens is 250 g/mol. The van der Waals surface area contributed by atoms with Crippen LogP contribution in [0.3, 0.4) is 0 Å². The summed E-state index contributed by atoms with van der Waals surface area (Å²) in [5.41, 5.74) is 5.60. The van der Waals surface area contributed by atoms with Gasteiger partial charge in [0.25, 0.3) is 0 Å². The summed E-state index contributed by atoms with van der Waals surface area (Å²) in [5, 5.41) is 4.34. The zero-order chi connectivity index (χ0) is 14.2. The number of rotatable bonds is 6. The molecule has 0 aliphatic carbocycles. The molecule has 110 valence electrons. The standard InChI is InChI=1S/C16H25N3O/c1-3-19(4-2)16-7-5-14(6-8-16)13-17-18-15-9-11-20-12-10-15/h5-8,13,15,18H,3-4,9-12H2,1-2H3/b17-13+. The minimum atomic E-state index is 0.454. The maximum absolute atomic E-state index is 5.32. The lowest BCUT2D eigenvalue weighted by Crippen LogP contribution is -2.31. The lowest BCUT2D eigenvalue weighted by Gasteiger charge is -2.21. The first-order chi connectivity index (χ1) is 9.83. The van der Waals surface area contributed by atoms with E-state index in [0.29, 0.717) is 6.04 Å². The quantitative estimate of drug-likeness (QED) is 0.640. The molecule has 0 bridgehead atoms. The first kappa shape index (κ1) is 14.9. The van der Waals surface area contributed by atoms with Crippen molar-refractivity contribution in [2.75, 3.05) is 31.2 Å². The fourth-order valence-corrected chi connectivity index (χ4v) is 2.40. The fourth-order valence-electron chi connectivity index (χ4n) is 2.40. The molecule has 1 heterocycles. The molecule has 0 radical (unpaired) electrons. The lowest BCUT2D eigenvalue weighted by molar-refractivity contribution is 0.0784. The van der Waals surface area contributed by atoms with E-state index in [4.69, 9.17) is 4.74 Å². The van der Waals surface area contributed by atoms with Crippen LogP contribution in [-0.2, 0) is 4.74 Å². The van der Waals surface area contributed by atoms with Gasteiger partial charge >= 0.3 is 0 Å². The number of hydrogen-bond donors (Lipinski definition) is 1. The highest BCUT2D eigenvalue weighted by Crippen LogP contribution is 2.14. The number of anilines is 1. The highest BCUT2D eigenvalue weighted by atomic mass is 16.5. The van der Waals surface area contributed by atoms with E-state index in [1.54, 1.807) is 0 Å². The zero-order valence-corrected chi connectivity index (χ0v) is 12.5. The molecule has 0 aromatic heterocycles. The Morgan fingerprint density at radius 1 is 1.20 bits per heavy atom. The summed E-state index contributed by atoms with van der Waals surface area (Å²) in [4.78, 5) is 2.33. The Bertz CT molecular complexity index is 406. The molecule has 1 aromatic rings. The number of ether oxygens (including phenoxy) is 1. The van der Waals surface area contributed by atoms with Crippen LogP contribution in [0.25, 0.3) is 0 Å². The second-order valence-electron chi connectivity index (χ2n) is 5.04. The van der Waals surface area contributed by atoms with Crippen LogP contribution in [-0.4, -0.2) is 38.6 Å². The van der Waals surface area contributed by atoms with Gasteiger partial charge in [0, 0.05) is 38.0 Å². The third-order valence-corrected chi connectivity index (χ3v) is 3.71. The van der Waals surface area contributed by atoms with Gasteiger partial charge in [-0.2, -0.15) is 5.10 Å². The van der Waals surface area contributed by atoms with E-state index in [1.165, 1.54) is 5.69 Å². The summed E-state index contributed by atoms with van der Waals surface area (Å²) in [6.07, 6.45) is 3.97. The molecule has 1 fully saturated rings. The molecule has 0 atom stereocenters. The SMILES string of the molecule is CCN(CC)c1ccc(/C=N/NC2CCOCC2)cc1. The monoisotopic (exact) mass is 275 g/mol. The maximum atomic E-state index is 5.32. The van der Waals surface area contributed by atoms with E-state index in [9.17, 15) is 0 Å². The predicted octanol–water partition coefficient (Wildman–Crippen LogP) is 2.64. The molecule has 1 aliphatic rings. The summed E-state index contributed by atoms with van der Waals surface area (Å²) in [5.74, 6) is 0. The van der Waals surface area contributed by atoms with Gasteiger partial charge in [0.15, 0.2) is 0 Å². The Labute approximate surface area is 121 Å². The molecule has 1 N–H and O–H groups in total. The van der Waals surface area contributed by atoms with Crippen LogP contribution in [0.2, 0.25) is 0 Å². The van der Waals surface area contributed by atoms with E-state index < -0.39 is 0 Å². The minimum absolute atomic E-state index is 0.454. The van der Waals surface area contributed by atoms with E-state index in [1.807, 2.05) is 6.21 Å². The highest BCUT2D eigenvalue weighted by Gasteiger charge is 2.11. The Kier molecular flexibility index (Phi) is 5.87. The molecule has 0 amide bonds. The Hall–Kier alpha value is -1.55. The zero-order valence-electron chi connectivity index (χ0n) is 12.5. The van der Waals surface area contributed by atoms with Gasteiger partial charge in [-0.1, -0.05) is 12.1 Å². The van der Waals surface area contributed by atoms with Gasteiger partial charge in [0.05, 0.1) is 6.21 Å².